The van der Waals surface area contributed by atoms with Crippen molar-refractivity contribution in [1.82, 2.24) is 15.5 Å². The topological polar surface area (TPSA) is 78.5 Å². The molecule has 3 amide bonds. The molecule has 1 saturated heterocycles. The second kappa shape index (κ2) is 7.28. The summed E-state index contributed by atoms with van der Waals surface area (Å²) in [5.74, 6) is -2.73. The van der Waals surface area contributed by atoms with Crippen molar-refractivity contribution in [3.63, 3.8) is 0 Å². The molecule has 0 spiro atoms. The number of amides is 3. The van der Waals surface area contributed by atoms with Crippen molar-refractivity contribution in [2.45, 2.75) is 25.9 Å². The minimum absolute atomic E-state index is 0.0812. The number of nitrogens with one attached hydrogen (secondary N) is 2. The molecule has 0 saturated carbocycles. The summed E-state index contributed by atoms with van der Waals surface area (Å²) in [5, 5.41) is 5.11. The zero-order valence-electron chi connectivity index (χ0n) is 11.6. The van der Waals surface area contributed by atoms with Gasteiger partial charge in [0, 0.05) is 39.0 Å². The molecule has 0 radical (unpaired) electrons. The summed E-state index contributed by atoms with van der Waals surface area (Å²) in [6, 6.07) is 0. The third kappa shape index (κ3) is 5.60. The van der Waals surface area contributed by atoms with E-state index in [1.54, 1.807) is 0 Å². The van der Waals surface area contributed by atoms with Gasteiger partial charge in [-0.15, -0.1) is 0 Å². The molecule has 1 aliphatic heterocycles. The number of piperidine rings is 1. The Morgan fingerprint density at radius 1 is 1.10 bits per heavy atom. The van der Waals surface area contributed by atoms with Gasteiger partial charge in [-0.1, -0.05) is 0 Å². The van der Waals surface area contributed by atoms with Crippen LogP contribution in [0.5, 0.6) is 0 Å². The van der Waals surface area contributed by atoms with Gasteiger partial charge in [-0.2, -0.15) is 13.2 Å². The predicted molar refractivity (Wildman–Crippen MR) is 67.1 cm³/mol. The molecule has 0 atom stereocenters. The Morgan fingerprint density at radius 2 is 1.62 bits per heavy atom. The minimum atomic E-state index is -4.87. The van der Waals surface area contributed by atoms with Crippen LogP contribution in [0.2, 0.25) is 0 Å². The molecular formula is C12H18F3N3O3. The quantitative estimate of drug-likeness (QED) is 0.720. The molecule has 0 aromatic heterocycles. The fourth-order valence-electron chi connectivity index (χ4n) is 2.09. The summed E-state index contributed by atoms with van der Waals surface area (Å²) in [5.41, 5.74) is 0. The lowest BCUT2D eigenvalue weighted by molar-refractivity contribution is -0.186. The zero-order chi connectivity index (χ0) is 16.0. The van der Waals surface area contributed by atoms with Crippen molar-refractivity contribution >= 4 is 17.7 Å². The summed E-state index contributed by atoms with van der Waals surface area (Å²) >= 11 is 0. The number of hydrogen-bond acceptors (Lipinski definition) is 3. The van der Waals surface area contributed by atoms with Crippen molar-refractivity contribution in [3.05, 3.63) is 0 Å². The number of likely N-dealkylation sites (tertiary alicyclic amines) is 1. The molecule has 9 heteroatoms. The zero-order valence-corrected chi connectivity index (χ0v) is 11.6. The van der Waals surface area contributed by atoms with Crippen molar-refractivity contribution in [2.24, 2.45) is 5.92 Å². The second-order valence-corrected chi connectivity index (χ2v) is 4.84. The van der Waals surface area contributed by atoms with Gasteiger partial charge in [-0.3, -0.25) is 14.4 Å². The van der Waals surface area contributed by atoms with E-state index in [0.29, 0.717) is 6.54 Å². The molecular weight excluding hydrogens is 291 g/mol. The highest BCUT2D eigenvalue weighted by atomic mass is 19.4. The molecule has 1 rings (SSSR count). The van der Waals surface area contributed by atoms with Crippen LogP contribution in [0.25, 0.3) is 0 Å². The van der Waals surface area contributed by atoms with Crippen molar-refractivity contribution in [2.75, 3.05) is 26.2 Å². The number of alkyl halides is 3. The molecule has 6 nitrogen and oxygen atoms in total. The highest BCUT2D eigenvalue weighted by Gasteiger charge is 2.43. The third-order valence-electron chi connectivity index (χ3n) is 3.19. The summed E-state index contributed by atoms with van der Waals surface area (Å²) in [6.45, 7) is 1.76. The Kier molecular flexibility index (Phi) is 5.98. The van der Waals surface area contributed by atoms with E-state index in [2.05, 4.69) is 10.6 Å². The first kappa shape index (κ1) is 17.3. The average molecular weight is 309 g/mol. The molecule has 1 fully saturated rings. The van der Waals surface area contributed by atoms with E-state index in [1.807, 2.05) is 0 Å². The molecule has 0 aromatic rings. The summed E-state index contributed by atoms with van der Waals surface area (Å²) in [4.78, 5) is 34.1. The monoisotopic (exact) mass is 309 g/mol. The number of halogens is 3. The van der Waals surface area contributed by atoms with Crippen LogP contribution in [0, 0.1) is 5.92 Å². The van der Waals surface area contributed by atoms with E-state index in [4.69, 9.17) is 0 Å². The Labute approximate surface area is 120 Å². The average Bonchev–Trinajstić information content (AvgIpc) is 2.41. The molecule has 120 valence electrons. The first-order valence-corrected chi connectivity index (χ1v) is 6.60. The lowest BCUT2D eigenvalue weighted by Crippen LogP contribution is -2.48. The fourth-order valence-corrected chi connectivity index (χ4v) is 2.09. The van der Waals surface area contributed by atoms with E-state index >= 15 is 0 Å². The van der Waals surface area contributed by atoms with Gasteiger partial charge in [-0.05, 0) is 12.8 Å². The first-order valence-electron chi connectivity index (χ1n) is 6.60. The van der Waals surface area contributed by atoms with Crippen LogP contribution >= 0.6 is 0 Å². The second-order valence-electron chi connectivity index (χ2n) is 4.84. The molecule has 0 bridgehead atoms. The van der Waals surface area contributed by atoms with Gasteiger partial charge in [0.2, 0.25) is 11.8 Å². The smallest absolute Gasteiger partial charge is 0.355 e. The van der Waals surface area contributed by atoms with Crippen molar-refractivity contribution < 1.29 is 27.6 Å². The van der Waals surface area contributed by atoms with Gasteiger partial charge in [-0.25, -0.2) is 0 Å². The standard InChI is InChI=1S/C12H18F3N3O3/c1-8(19)16-4-5-17-10(20)9-2-6-18(7-3-9)11(21)12(13,14)15/h9H,2-7H2,1H3,(H,16,19)(H,17,20). The Balaban J connectivity index is 2.31. The normalized spacial score (nSPS) is 16.5. The first-order chi connectivity index (χ1) is 9.71. The molecule has 0 aliphatic carbocycles. The molecule has 0 unspecified atom stereocenters. The summed E-state index contributed by atoms with van der Waals surface area (Å²) < 4.78 is 36.8. The molecule has 2 N–H and O–H groups in total. The van der Waals surface area contributed by atoms with Crippen LogP contribution < -0.4 is 10.6 Å². The largest absolute Gasteiger partial charge is 0.471 e. The van der Waals surface area contributed by atoms with Crippen LogP contribution in [-0.4, -0.2) is 55.0 Å². The fraction of sp³-hybridized carbons (Fsp3) is 0.750. The molecule has 21 heavy (non-hydrogen) atoms. The van der Waals surface area contributed by atoms with E-state index in [-0.39, 0.29) is 44.3 Å². The molecule has 1 heterocycles. The van der Waals surface area contributed by atoms with Gasteiger partial charge < -0.3 is 15.5 Å². The van der Waals surface area contributed by atoms with Gasteiger partial charge in [0.15, 0.2) is 0 Å². The van der Waals surface area contributed by atoms with E-state index < -0.39 is 18.0 Å². The number of carbonyl (C=O) groups is 3. The van der Waals surface area contributed by atoms with Gasteiger partial charge >= 0.3 is 12.1 Å². The lowest BCUT2D eigenvalue weighted by Gasteiger charge is -2.31. The highest BCUT2D eigenvalue weighted by Crippen LogP contribution is 2.23. The van der Waals surface area contributed by atoms with Crippen LogP contribution in [0.15, 0.2) is 0 Å². The maximum atomic E-state index is 12.3. The van der Waals surface area contributed by atoms with Crippen molar-refractivity contribution in [1.29, 1.82) is 0 Å². The highest BCUT2D eigenvalue weighted by molar-refractivity contribution is 5.83. The number of rotatable bonds is 4. The van der Waals surface area contributed by atoms with E-state index in [0.717, 1.165) is 4.90 Å². The van der Waals surface area contributed by atoms with Crippen LogP contribution in [-0.2, 0) is 14.4 Å². The molecule has 0 aromatic carbocycles. The van der Waals surface area contributed by atoms with Gasteiger partial charge in [0.25, 0.3) is 0 Å². The third-order valence-corrected chi connectivity index (χ3v) is 3.19. The number of carbonyl (C=O) groups excluding carboxylic acids is 3. The maximum Gasteiger partial charge on any atom is 0.471 e. The minimum Gasteiger partial charge on any atom is -0.355 e. The number of nitrogens with zero attached hydrogens (tertiary/aromatic N) is 1. The van der Waals surface area contributed by atoms with Crippen molar-refractivity contribution in [3.8, 4) is 0 Å². The summed E-state index contributed by atoms with van der Waals surface area (Å²) in [7, 11) is 0. The lowest BCUT2D eigenvalue weighted by atomic mass is 9.96. The van der Waals surface area contributed by atoms with E-state index in [9.17, 15) is 27.6 Å². The van der Waals surface area contributed by atoms with Crippen LogP contribution in [0.3, 0.4) is 0 Å². The predicted octanol–water partition coefficient (Wildman–Crippen LogP) is 0.0396. The Morgan fingerprint density at radius 3 is 2.10 bits per heavy atom. The van der Waals surface area contributed by atoms with Gasteiger partial charge in [0.05, 0.1) is 0 Å². The van der Waals surface area contributed by atoms with Crippen LogP contribution in [0.4, 0.5) is 13.2 Å². The van der Waals surface area contributed by atoms with E-state index in [1.165, 1.54) is 6.92 Å². The van der Waals surface area contributed by atoms with Crippen LogP contribution in [0.1, 0.15) is 19.8 Å². The summed E-state index contributed by atoms with van der Waals surface area (Å²) in [6.07, 6.45) is -4.46. The van der Waals surface area contributed by atoms with Gasteiger partial charge in [0.1, 0.15) is 0 Å². The maximum absolute atomic E-state index is 12.3. The molecule has 1 aliphatic rings. The Bertz CT molecular complexity index is 404. The number of hydrogen-bond donors (Lipinski definition) is 2. The SMILES string of the molecule is CC(=O)NCCNC(=O)C1CCN(C(=O)C(F)(F)F)CC1. The Hall–Kier alpha value is -1.80.